The Morgan fingerprint density at radius 3 is 2.41 bits per heavy atom. The highest BCUT2D eigenvalue weighted by atomic mass is 19.1. The van der Waals surface area contributed by atoms with Gasteiger partial charge in [0.25, 0.3) is 5.95 Å². The molecule has 2 heterocycles. The predicted molar refractivity (Wildman–Crippen MR) is 100.0 cm³/mol. The summed E-state index contributed by atoms with van der Waals surface area (Å²) in [4.78, 5) is 21.9. The molecule has 0 bridgehead atoms. The molecule has 3 aromatic rings. The Morgan fingerprint density at radius 2 is 1.78 bits per heavy atom. The van der Waals surface area contributed by atoms with Gasteiger partial charge >= 0.3 is 0 Å². The van der Waals surface area contributed by atoms with Gasteiger partial charge in [-0.05, 0) is 49.9 Å². The smallest absolute Gasteiger partial charge is 0.251 e. The molecule has 0 saturated carbocycles. The molecule has 0 amide bonds. The molecule has 1 aliphatic carbocycles. The van der Waals surface area contributed by atoms with E-state index in [0.717, 1.165) is 22.6 Å². The minimum atomic E-state index is -0.285. The van der Waals surface area contributed by atoms with Crippen molar-refractivity contribution in [1.29, 1.82) is 0 Å². The molecule has 0 radical (unpaired) electrons. The minimum absolute atomic E-state index is 0.0190. The summed E-state index contributed by atoms with van der Waals surface area (Å²) in [5.41, 5.74) is 4.00. The Kier molecular flexibility index (Phi) is 4.22. The molecule has 1 aliphatic rings. The molecule has 0 unspecified atom stereocenters. The van der Waals surface area contributed by atoms with Gasteiger partial charge in [-0.2, -0.15) is 0 Å². The second-order valence-corrected chi connectivity index (χ2v) is 6.86. The van der Waals surface area contributed by atoms with Crippen LogP contribution in [0.15, 0.2) is 30.3 Å². The van der Waals surface area contributed by atoms with E-state index in [1.54, 1.807) is 23.9 Å². The standard InChI is InChI=1S/C20H20FN5O/c1-11-8-12(2)24-20(23-11)26-16-9-14(13-4-6-15(21)7-5-13)10-17(27)18(16)19(22-3)25-26/h4-8,14H,9-10H2,1-3H3,(H,22,25)/t14-/m1/s1. The van der Waals surface area contributed by atoms with Crippen molar-refractivity contribution in [3.63, 3.8) is 0 Å². The largest absolute Gasteiger partial charge is 0.371 e. The van der Waals surface area contributed by atoms with E-state index in [2.05, 4.69) is 20.4 Å². The topological polar surface area (TPSA) is 72.7 Å². The van der Waals surface area contributed by atoms with Gasteiger partial charge in [0.2, 0.25) is 0 Å². The fourth-order valence-electron chi connectivity index (χ4n) is 3.68. The second kappa shape index (κ2) is 6.57. The van der Waals surface area contributed by atoms with Crippen LogP contribution in [-0.2, 0) is 6.42 Å². The van der Waals surface area contributed by atoms with Crippen LogP contribution < -0.4 is 5.32 Å². The van der Waals surface area contributed by atoms with Crippen LogP contribution in [0.5, 0.6) is 0 Å². The minimum Gasteiger partial charge on any atom is -0.371 e. The molecular weight excluding hydrogens is 345 g/mol. The average molecular weight is 365 g/mol. The summed E-state index contributed by atoms with van der Waals surface area (Å²) in [6.07, 6.45) is 0.977. The maximum Gasteiger partial charge on any atom is 0.251 e. The zero-order valence-corrected chi connectivity index (χ0v) is 15.5. The molecule has 0 saturated heterocycles. The highest BCUT2D eigenvalue weighted by Gasteiger charge is 2.33. The van der Waals surface area contributed by atoms with Crippen molar-refractivity contribution in [1.82, 2.24) is 19.7 Å². The highest BCUT2D eigenvalue weighted by molar-refractivity contribution is 6.03. The maximum absolute atomic E-state index is 13.3. The number of Topliss-reactive ketones (excluding diaryl/α,β-unsaturated/α-hetero) is 1. The van der Waals surface area contributed by atoms with Crippen molar-refractivity contribution >= 4 is 11.6 Å². The number of rotatable bonds is 3. The Balaban J connectivity index is 1.83. The molecular formula is C20H20FN5O. The van der Waals surface area contributed by atoms with Crippen LogP contribution in [0.1, 0.15) is 45.3 Å². The van der Waals surface area contributed by atoms with Crippen LogP contribution in [-0.4, -0.2) is 32.6 Å². The number of ketones is 1. The lowest BCUT2D eigenvalue weighted by Gasteiger charge is -2.22. The number of carbonyl (C=O) groups is 1. The first-order valence-corrected chi connectivity index (χ1v) is 8.87. The lowest BCUT2D eigenvalue weighted by Crippen LogP contribution is -2.21. The molecule has 2 aromatic heterocycles. The number of fused-ring (bicyclic) bond motifs is 1. The first-order chi connectivity index (χ1) is 13.0. The van der Waals surface area contributed by atoms with E-state index < -0.39 is 0 Å². The molecule has 1 atom stereocenters. The zero-order valence-electron chi connectivity index (χ0n) is 15.5. The fourth-order valence-corrected chi connectivity index (χ4v) is 3.68. The zero-order chi connectivity index (χ0) is 19.1. The Hall–Kier alpha value is -3.09. The number of hydrogen-bond donors (Lipinski definition) is 1. The molecule has 0 spiro atoms. The van der Waals surface area contributed by atoms with Gasteiger partial charge in [-0.1, -0.05) is 12.1 Å². The molecule has 27 heavy (non-hydrogen) atoms. The summed E-state index contributed by atoms with van der Waals surface area (Å²) in [5.74, 6) is 0.697. The Morgan fingerprint density at radius 1 is 1.11 bits per heavy atom. The Labute approximate surface area is 156 Å². The summed E-state index contributed by atoms with van der Waals surface area (Å²) in [6, 6.07) is 8.23. The molecule has 138 valence electrons. The molecule has 1 N–H and O–H groups in total. The van der Waals surface area contributed by atoms with Crippen molar-refractivity contribution in [3.8, 4) is 5.95 Å². The molecule has 0 aliphatic heterocycles. The number of aryl methyl sites for hydroxylation is 2. The van der Waals surface area contributed by atoms with Crippen LogP contribution >= 0.6 is 0 Å². The van der Waals surface area contributed by atoms with Crippen LogP contribution in [0.4, 0.5) is 10.2 Å². The van der Waals surface area contributed by atoms with Crippen LogP contribution in [0.3, 0.4) is 0 Å². The van der Waals surface area contributed by atoms with Gasteiger partial charge in [0.1, 0.15) is 5.82 Å². The SMILES string of the molecule is CNc1nn(-c2nc(C)cc(C)n2)c2c1C(=O)C[C@H](c1ccc(F)cc1)C2. The number of aromatic nitrogens is 4. The monoisotopic (exact) mass is 365 g/mol. The number of benzene rings is 1. The normalized spacial score (nSPS) is 16.3. The number of nitrogens with one attached hydrogen (secondary N) is 1. The summed E-state index contributed by atoms with van der Waals surface area (Å²) in [7, 11) is 1.74. The van der Waals surface area contributed by atoms with Gasteiger partial charge in [0, 0.05) is 24.9 Å². The highest BCUT2D eigenvalue weighted by Crippen LogP contribution is 2.36. The fraction of sp³-hybridized carbons (Fsp3) is 0.300. The van der Waals surface area contributed by atoms with E-state index in [1.807, 2.05) is 19.9 Å². The summed E-state index contributed by atoms with van der Waals surface area (Å²) < 4.78 is 14.9. The van der Waals surface area contributed by atoms with E-state index in [-0.39, 0.29) is 17.5 Å². The van der Waals surface area contributed by atoms with Gasteiger partial charge < -0.3 is 5.32 Å². The second-order valence-electron chi connectivity index (χ2n) is 6.86. The number of hydrogen-bond acceptors (Lipinski definition) is 5. The number of carbonyl (C=O) groups excluding carboxylic acids is 1. The summed E-state index contributed by atoms with van der Waals surface area (Å²) >= 11 is 0. The van der Waals surface area contributed by atoms with Gasteiger partial charge in [-0.3, -0.25) is 4.79 Å². The van der Waals surface area contributed by atoms with E-state index >= 15 is 0 Å². The molecule has 7 heteroatoms. The van der Waals surface area contributed by atoms with Crippen molar-refractivity contribution < 1.29 is 9.18 Å². The molecule has 1 aromatic carbocycles. The van der Waals surface area contributed by atoms with Crippen LogP contribution in [0, 0.1) is 19.7 Å². The lowest BCUT2D eigenvalue weighted by molar-refractivity contribution is 0.0964. The quantitative estimate of drug-likeness (QED) is 0.770. The number of anilines is 1. The van der Waals surface area contributed by atoms with Crippen molar-refractivity contribution in [2.24, 2.45) is 0 Å². The third kappa shape index (κ3) is 3.09. The molecule has 4 rings (SSSR count). The van der Waals surface area contributed by atoms with Gasteiger partial charge in [0.05, 0.1) is 11.3 Å². The van der Waals surface area contributed by atoms with E-state index in [4.69, 9.17) is 0 Å². The van der Waals surface area contributed by atoms with E-state index in [0.29, 0.717) is 30.2 Å². The molecule has 6 nitrogen and oxygen atoms in total. The molecule has 0 fully saturated rings. The maximum atomic E-state index is 13.3. The van der Waals surface area contributed by atoms with Gasteiger partial charge in [0.15, 0.2) is 11.6 Å². The van der Waals surface area contributed by atoms with Crippen molar-refractivity contribution in [3.05, 3.63) is 64.4 Å². The predicted octanol–water partition coefficient (Wildman–Crippen LogP) is 3.37. The first-order valence-electron chi connectivity index (χ1n) is 8.87. The van der Waals surface area contributed by atoms with Crippen LogP contribution in [0.25, 0.3) is 5.95 Å². The third-order valence-corrected chi connectivity index (χ3v) is 4.87. The van der Waals surface area contributed by atoms with Crippen LogP contribution in [0.2, 0.25) is 0 Å². The van der Waals surface area contributed by atoms with Gasteiger partial charge in [-0.25, -0.2) is 19.0 Å². The van der Waals surface area contributed by atoms with Gasteiger partial charge in [-0.15, -0.1) is 5.10 Å². The van der Waals surface area contributed by atoms with E-state index in [9.17, 15) is 9.18 Å². The summed E-state index contributed by atoms with van der Waals surface area (Å²) in [5, 5.41) is 7.56. The first kappa shape index (κ1) is 17.3. The number of nitrogens with zero attached hydrogens (tertiary/aromatic N) is 4. The van der Waals surface area contributed by atoms with Crippen molar-refractivity contribution in [2.45, 2.75) is 32.6 Å². The number of halogens is 1. The lowest BCUT2D eigenvalue weighted by atomic mass is 9.82. The Bertz CT molecular complexity index is 1010. The third-order valence-electron chi connectivity index (χ3n) is 4.87. The summed E-state index contributed by atoms with van der Waals surface area (Å²) in [6.45, 7) is 3.80. The van der Waals surface area contributed by atoms with E-state index in [1.165, 1.54) is 12.1 Å². The average Bonchev–Trinajstić information content (AvgIpc) is 3.01. The van der Waals surface area contributed by atoms with Crippen molar-refractivity contribution in [2.75, 3.05) is 12.4 Å².